The third kappa shape index (κ3) is 6.21. The van der Waals surface area contributed by atoms with E-state index in [1.807, 2.05) is 0 Å². The highest BCUT2D eigenvalue weighted by molar-refractivity contribution is 5.86. The van der Waals surface area contributed by atoms with Crippen LogP contribution in [-0.2, 0) is 4.79 Å². The Kier molecular flexibility index (Phi) is 8.65. The summed E-state index contributed by atoms with van der Waals surface area (Å²) in [4.78, 5) is 34.8. The Bertz CT molecular complexity index is 1370. The van der Waals surface area contributed by atoms with Crippen molar-refractivity contribution in [1.82, 2.24) is 15.3 Å². The molecule has 0 spiro atoms. The number of nitrogens with one attached hydrogen (secondary N) is 1. The van der Waals surface area contributed by atoms with Crippen molar-refractivity contribution in [3.05, 3.63) is 102 Å². The molecule has 4 aromatic rings. The number of carbonyl (C=O) groups excluding carboxylic acids is 1. The lowest BCUT2D eigenvalue weighted by Crippen LogP contribution is -2.63. The van der Waals surface area contributed by atoms with Gasteiger partial charge in [0.25, 0.3) is 5.72 Å². The number of aliphatic carboxylic acids is 1. The van der Waals surface area contributed by atoms with Gasteiger partial charge in [0.2, 0.25) is 11.8 Å². The van der Waals surface area contributed by atoms with Crippen LogP contribution in [0.15, 0.2) is 91.0 Å². The minimum absolute atomic E-state index is 0.0536. The standard InChI is InChI=1S/C29H27N3O8/c1-36-21-14-16-22(17-15-21)39-28(35)32-29(26(33)34,40-27-30-23(37-2)18-24(31-27)38-3)25(19-10-6-4-7-11-19)20-12-8-5-9-13-20/h4-18,25H,1-3H3,(H,32,35)(H,33,34)/t29-/m1/s1. The lowest BCUT2D eigenvalue weighted by Gasteiger charge is -2.37. The van der Waals surface area contributed by atoms with Gasteiger partial charge in [-0.05, 0) is 35.4 Å². The third-order valence-electron chi connectivity index (χ3n) is 5.88. The second-order valence-electron chi connectivity index (χ2n) is 8.32. The summed E-state index contributed by atoms with van der Waals surface area (Å²) in [6.45, 7) is 0. The number of hydrogen-bond acceptors (Lipinski definition) is 9. The maximum atomic E-state index is 13.3. The number of carboxylic acid groups (broad SMARTS) is 1. The topological polar surface area (TPSA) is 138 Å². The summed E-state index contributed by atoms with van der Waals surface area (Å²) in [6.07, 6.45) is -1.10. The smallest absolute Gasteiger partial charge is 0.416 e. The first-order valence-electron chi connectivity index (χ1n) is 12.0. The number of carboxylic acids is 1. The molecule has 0 bridgehead atoms. The molecule has 0 saturated carbocycles. The fraction of sp³-hybridized carbons (Fsp3) is 0.172. The average molecular weight is 546 g/mol. The van der Waals surface area contributed by atoms with E-state index < -0.39 is 29.7 Å². The maximum Gasteiger partial charge on any atom is 0.416 e. The summed E-state index contributed by atoms with van der Waals surface area (Å²) < 4.78 is 27.0. The van der Waals surface area contributed by atoms with Gasteiger partial charge < -0.3 is 28.8 Å². The Balaban J connectivity index is 1.86. The molecule has 40 heavy (non-hydrogen) atoms. The summed E-state index contributed by atoms with van der Waals surface area (Å²) in [6, 6.07) is 24.6. The summed E-state index contributed by atoms with van der Waals surface area (Å²) in [7, 11) is 4.25. The lowest BCUT2D eigenvalue weighted by molar-refractivity contribution is -0.160. The Labute approximate surface area is 230 Å². The molecule has 1 aromatic heterocycles. The molecule has 0 saturated heterocycles. The van der Waals surface area contributed by atoms with E-state index in [-0.39, 0.29) is 17.5 Å². The van der Waals surface area contributed by atoms with E-state index in [0.29, 0.717) is 16.9 Å². The number of benzene rings is 3. The van der Waals surface area contributed by atoms with Crippen molar-refractivity contribution in [3.8, 4) is 29.3 Å². The van der Waals surface area contributed by atoms with Gasteiger partial charge >= 0.3 is 18.1 Å². The highest BCUT2D eigenvalue weighted by Crippen LogP contribution is 2.37. The van der Waals surface area contributed by atoms with Crippen LogP contribution in [0.5, 0.6) is 29.3 Å². The van der Waals surface area contributed by atoms with Gasteiger partial charge in [-0.15, -0.1) is 0 Å². The number of amides is 1. The van der Waals surface area contributed by atoms with E-state index in [1.165, 1.54) is 39.5 Å². The van der Waals surface area contributed by atoms with Crippen LogP contribution < -0.4 is 29.0 Å². The van der Waals surface area contributed by atoms with Crippen molar-refractivity contribution in [2.75, 3.05) is 21.3 Å². The van der Waals surface area contributed by atoms with Crippen molar-refractivity contribution in [2.24, 2.45) is 0 Å². The molecule has 11 nitrogen and oxygen atoms in total. The molecule has 206 valence electrons. The Morgan fingerprint density at radius 1 is 0.750 bits per heavy atom. The second kappa shape index (κ2) is 12.5. The number of rotatable bonds is 11. The molecule has 11 heteroatoms. The van der Waals surface area contributed by atoms with Crippen LogP contribution in [-0.4, -0.2) is 54.2 Å². The van der Waals surface area contributed by atoms with Gasteiger partial charge in [-0.25, -0.2) is 9.59 Å². The van der Waals surface area contributed by atoms with Gasteiger partial charge in [0.15, 0.2) is 0 Å². The predicted molar refractivity (Wildman–Crippen MR) is 143 cm³/mol. The van der Waals surface area contributed by atoms with E-state index in [9.17, 15) is 14.7 Å². The van der Waals surface area contributed by atoms with Crippen molar-refractivity contribution in [2.45, 2.75) is 11.6 Å². The molecule has 0 unspecified atom stereocenters. The molecular formula is C29H27N3O8. The number of ether oxygens (including phenoxy) is 5. The fourth-order valence-electron chi connectivity index (χ4n) is 4.04. The first kappa shape index (κ1) is 27.7. The summed E-state index contributed by atoms with van der Waals surface area (Å²) >= 11 is 0. The van der Waals surface area contributed by atoms with Crippen LogP contribution in [0.4, 0.5) is 4.79 Å². The van der Waals surface area contributed by atoms with E-state index >= 15 is 0 Å². The van der Waals surface area contributed by atoms with Gasteiger partial charge in [0.05, 0.1) is 33.3 Å². The van der Waals surface area contributed by atoms with Gasteiger partial charge in [0, 0.05) is 0 Å². The van der Waals surface area contributed by atoms with Crippen LogP contribution >= 0.6 is 0 Å². The van der Waals surface area contributed by atoms with Gasteiger partial charge in [-0.1, -0.05) is 60.7 Å². The average Bonchev–Trinajstić information content (AvgIpc) is 2.98. The van der Waals surface area contributed by atoms with E-state index in [4.69, 9.17) is 23.7 Å². The quantitative estimate of drug-likeness (QED) is 0.263. The second-order valence-corrected chi connectivity index (χ2v) is 8.32. The third-order valence-corrected chi connectivity index (χ3v) is 5.88. The highest BCUT2D eigenvalue weighted by Gasteiger charge is 2.53. The van der Waals surface area contributed by atoms with Crippen LogP contribution in [0.1, 0.15) is 17.0 Å². The number of methoxy groups -OCH3 is 3. The molecule has 0 aliphatic rings. The molecular weight excluding hydrogens is 518 g/mol. The minimum Gasteiger partial charge on any atom is -0.497 e. The summed E-state index contributed by atoms with van der Waals surface area (Å²) in [5.41, 5.74) is -1.46. The predicted octanol–water partition coefficient (Wildman–Crippen LogP) is 4.28. The molecule has 2 N–H and O–H groups in total. The first-order chi connectivity index (χ1) is 19.4. The number of aromatic nitrogens is 2. The van der Waals surface area contributed by atoms with Crippen molar-refractivity contribution in [3.63, 3.8) is 0 Å². The highest BCUT2D eigenvalue weighted by atomic mass is 16.6. The zero-order valence-corrected chi connectivity index (χ0v) is 21.9. The number of carbonyl (C=O) groups is 2. The molecule has 1 amide bonds. The van der Waals surface area contributed by atoms with Crippen LogP contribution in [0, 0.1) is 0 Å². The van der Waals surface area contributed by atoms with Crippen molar-refractivity contribution >= 4 is 12.1 Å². The van der Waals surface area contributed by atoms with E-state index in [2.05, 4.69) is 15.3 Å². The normalized spacial score (nSPS) is 12.1. The van der Waals surface area contributed by atoms with Crippen LogP contribution in [0.25, 0.3) is 0 Å². The maximum absolute atomic E-state index is 13.3. The van der Waals surface area contributed by atoms with Crippen molar-refractivity contribution < 1.29 is 38.4 Å². The molecule has 3 aromatic carbocycles. The molecule has 0 radical (unpaired) electrons. The monoisotopic (exact) mass is 545 g/mol. The van der Waals surface area contributed by atoms with Crippen LogP contribution in [0.2, 0.25) is 0 Å². The zero-order chi connectivity index (χ0) is 28.5. The van der Waals surface area contributed by atoms with E-state index in [1.54, 1.807) is 72.8 Å². The molecule has 0 fully saturated rings. The Morgan fingerprint density at radius 3 is 1.70 bits per heavy atom. The summed E-state index contributed by atoms with van der Waals surface area (Å²) in [5.74, 6) is -1.84. The van der Waals surface area contributed by atoms with E-state index in [0.717, 1.165) is 0 Å². The van der Waals surface area contributed by atoms with Gasteiger partial charge in [-0.3, -0.25) is 5.32 Å². The lowest BCUT2D eigenvalue weighted by atomic mass is 9.82. The zero-order valence-electron chi connectivity index (χ0n) is 21.9. The Hall–Kier alpha value is -5.32. The number of hydrogen-bond donors (Lipinski definition) is 2. The molecule has 1 atom stereocenters. The summed E-state index contributed by atoms with van der Waals surface area (Å²) in [5, 5.41) is 13.2. The molecule has 0 aliphatic carbocycles. The van der Waals surface area contributed by atoms with Crippen LogP contribution in [0.3, 0.4) is 0 Å². The van der Waals surface area contributed by atoms with Gasteiger partial charge in [-0.2, -0.15) is 9.97 Å². The number of nitrogens with zero attached hydrogens (tertiary/aromatic N) is 2. The Morgan fingerprint density at radius 2 is 1.25 bits per heavy atom. The largest absolute Gasteiger partial charge is 0.497 e. The first-order valence-corrected chi connectivity index (χ1v) is 12.0. The minimum atomic E-state index is -2.51. The molecule has 1 heterocycles. The fourth-order valence-corrected chi connectivity index (χ4v) is 4.04. The molecule has 4 rings (SSSR count). The van der Waals surface area contributed by atoms with Crippen molar-refractivity contribution in [1.29, 1.82) is 0 Å². The van der Waals surface area contributed by atoms with Gasteiger partial charge in [0.1, 0.15) is 11.5 Å². The SMILES string of the molecule is COc1ccc(OC(=O)N[C@](Oc2nc(OC)cc(OC)n2)(C(=O)O)C(c2ccccc2)c2ccccc2)cc1. The molecule has 0 aliphatic heterocycles.